The second-order valence-corrected chi connectivity index (χ2v) is 5.74. The number of hydrogen-bond acceptors (Lipinski definition) is 3. The van der Waals surface area contributed by atoms with Crippen molar-refractivity contribution in [3.63, 3.8) is 0 Å². The Balaban J connectivity index is 2.62. The van der Waals surface area contributed by atoms with Crippen LogP contribution in [0.25, 0.3) is 0 Å². The van der Waals surface area contributed by atoms with Crippen molar-refractivity contribution < 1.29 is 9.94 Å². The van der Waals surface area contributed by atoms with Gasteiger partial charge in [-0.25, -0.2) is 0 Å². The van der Waals surface area contributed by atoms with Gasteiger partial charge in [0.15, 0.2) is 0 Å². The number of nitrogens with zero attached hydrogens (tertiary/aromatic N) is 1. The van der Waals surface area contributed by atoms with Crippen LogP contribution in [0.4, 0.5) is 0 Å². The van der Waals surface area contributed by atoms with Crippen molar-refractivity contribution in [2.24, 2.45) is 5.16 Å². The van der Waals surface area contributed by atoms with Gasteiger partial charge in [-0.2, -0.15) is 0 Å². The van der Waals surface area contributed by atoms with E-state index in [2.05, 4.69) is 57.1 Å². The molecule has 0 radical (unpaired) electrons. The Morgan fingerprint density at radius 2 is 1.82 bits per heavy atom. The molecular weight excluding hydrogens is 274 g/mol. The number of aryl methyl sites for hydroxylation is 3. The molecule has 3 nitrogen and oxygen atoms in total. The zero-order chi connectivity index (χ0) is 16.4. The van der Waals surface area contributed by atoms with Crippen molar-refractivity contribution in [2.45, 2.75) is 59.5 Å². The molecule has 1 atom stereocenters. The van der Waals surface area contributed by atoms with Gasteiger partial charge in [-0.15, -0.1) is 0 Å². The van der Waals surface area contributed by atoms with Crippen LogP contribution in [0, 0.1) is 20.8 Å². The minimum absolute atomic E-state index is 0.0335. The van der Waals surface area contributed by atoms with Gasteiger partial charge in [0.25, 0.3) is 0 Å². The molecule has 0 aromatic heterocycles. The van der Waals surface area contributed by atoms with Crippen molar-refractivity contribution in [1.82, 2.24) is 0 Å². The molecule has 0 aliphatic rings. The number of aliphatic hydroxyl groups excluding tert-OH is 1. The quantitative estimate of drug-likeness (QED) is 0.416. The Kier molecular flexibility index (Phi) is 8.53. The Morgan fingerprint density at radius 3 is 2.41 bits per heavy atom. The molecular formula is C19H29NO2. The van der Waals surface area contributed by atoms with E-state index in [4.69, 9.17) is 9.94 Å². The summed E-state index contributed by atoms with van der Waals surface area (Å²) in [7, 11) is 0. The van der Waals surface area contributed by atoms with Crippen molar-refractivity contribution in [3.8, 4) is 0 Å². The van der Waals surface area contributed by atoms with Crippen molar-refractivity contribution in [3.05, 3.63) is 46.5 Å². The van der Waals surface area contributed by atoms with Crippen LogP contribution in [0.1, 0.15) is 54.9 Å². The summed E-state index contributed by atoms with van der Waals surface area (Å²) in [6, 6.07) is 4.30. The smallest absolute Gasteiger partial charge is 0.130 e. The molecule has 0 unspecified atom stereocenters. The van der Waals surface area contributed by atoms with Gasteiger partial charge in [0, 0.05) is 18.6 Å². The van der Waals surface area contributed by atoms with Gasteiger partial charge in [-0.05, 0) is 51.2 Å². The number of allylic oxidation sites excluding steroid dienone is 2. The lowest BCUT2D eigenvalue weighted by atomic mass is 10.0. The lowest BCUT2D eigenvalue weighted by molar-refractivity contribution is 0.0364. The van der Waals surface area contributed by atoms with E-state index in [0.29, 0.717) is 6.42 Å². The van der Waals surface area contributed by atoms with E-state index < -0.39 is 0 Å². The number of oxime groups is 1. The first-order valence-electron chi connectivity index (χ1n) is 8.11. The number of benzene rings is 1. The van der Waals surface area contributed by atoms with Gasteiger partial charge < -0.3 is 9.94 Å². The molecule has 1 aromatic carbocycles. The van der Waals surface area contributed by atoms with Crippen LogP contribution in [-0.4, -0.2) is 24.0 Å². The van der Waals surface area contributed by atoms with Crippen LogP contribution in [0.2, 0.25) is 0 Å². The van der Waals surface area contributed by atoms with E-state index in [0.717, 1.165) is 24.8 Å². The zero-order valence-corrected chi connectivity index (χ0v) is 14.3. The second kappa shape index (κ2) is 10.2. The highest BCUT2D eigenvalue weighted by atomic mass is 16.6. The molecule has 0 aliphatic heterocycles. The molecule has 0 spiro atoms. The number of aliphatic hydroxyl groups is 1. The highest BCUT2D eigenvalue weighted by Gasteiger charge is 2.08. The van der Waals surface area contributed by atoms with Crippen LogP contribution in [-0.2, 0) is 4.84 Å². The molecule has 1 rings (SSSR count). The summed E-state index contributed by atoms with van der Waals surface area (Å²) in [6.45, 7) is 8.51. The largest absolute Gasteiger partial charge is 0.396 e. The Labute approximate surface area is 134 Å². The topological polar surface area (TPSA) is 41.8 Å². The van der Waals surface area contributed by atoms with Crippen molar-refractivity contribution in [2.75, 3.05) is 6.61 Å². The van der Waals surface area contributed by atoms with E-state index in [1.165, 1.54) is 16.7 Å². The fourth-order valence-electron chi connectivity index (χ4n) is 2.52. The van der Waals surface area contributed by atoms with Gasteiger partial charge in [0.05, 0.1) is 6.21 Å². The highest BCUT2D eigenvalue weighted by Crippen LogP contribution is 2.15. The monoisotopic (exact) mass is 303 g/mol. The third-order valence-corrected chi connectivity index (χ3v) is 3.64. The van der Waals surface area contributed by atoms with Gasteiger partial charge >= 0.3 is 0 Å². The predicted octanol–water partition coefficient (Wildman–Crippen LogP) is 4.46. The van der Waals surface area contributed by atoms with Crippen LogP contribution in [0.5, 0.6) is 0 Å². The maximum absolute atomic E-state index is 9.12. The molecule has 1 aromatic rings. The average molecular weight is 303 g/mol. The summed E-state index contributed by atoms with van der Waals surface area (Å²) < 4.78 is 0. The van der Waals surface area contributed by atoms with Crippen molar-refractivity contribution in [1.29, 1.82) is 0 Å². The fourth-order valence-corrected chi connectivity index (χ4v) is 2.52. The molecule has 3 heteroatoms. The number of rotatable bonds is 9. The van der Waals surface area contributed by atoms with Gasteiger partial charge in [0.1, 0.15) is 6.10 Å². The summed E-state index contributed by atoms with van der Waals surface area (Å²) in [4.78, 5) is 5.58. The molecule has 0 saturated carbocycles. The molecule has 0 amide bonds. The first-order valence-corrected chi connectivity index (χ1v) is 8.11. The predicted molar refractivity (Wildman–Crippen MR) is 93.5 cm³/mol. The third-order valence-electron chi connectivity index (χ3n) is 3.64. The Hall–Kier alpha value is -1.61. The Morgan fingerprint density at radius 1 is 1.14 bits per heavy atom. The summed E-state index contributed by atoms with van der Waals surface area (Å²) >= 11 is 0. The lowest BCUT2D eigenvalue weighted by Gasteiger charge is -2.13. The van der Waals surface area contributed by atoms with E-state index in [1.54, 1.807) is 6.21 Å². The van der Waals surface area contributed by atoms with E-state index in [1.807, 2.05) is 0 Å². The van der Waals surface area contributed by atoms with Crippen LogP contribution in [0.3, 0.4) is 0 Å². The molecule has 0 heterocycles. The molecule has 0 fully saturated rings. The van der Waals surface area contributed by atoms with Crippen LogP contribution < -0.4 is 0 Å². The molecule has 122 valence electrons. The van der Waals surface area contributed by atoms with Gasteiger partial charge in [0.2, 0.25) is 0 Å². The van der Waals surface area contributed by atoms with Crippen LogP contribution in [0.15, 0.2) is 29.4 Å². The first-order chi connectivity index (χ1) is 10.6. The zero-order valence-electron chi connectivity index (χ0n) is 14.3. The molecule has 1 N–H and O–H groups in total. The summed E-state index contributed by atoms with van der Waals surface area (Å²) in [5.41, 5.74) is 4.78. The summed E-state index contributed by atoms with van der Waals surface area (Å²) in [5, 5.41) is 13.3. The SMILES string of the molecule is CC/C=C/CC[C@H](CCO)O/N=C/c1c(C)cc(C)cc1C. The standard InChI is InChI=1S/C19H29NO2/c1-5-6-7-8-9-18(10-11-21)22-20-14-19-16(3)12-15(2)13-17(19)4/h6-7,12-14,18,21H,5,8-11H2,1-4H3/b7-6+,20-14+/t18-/m1/s1. The molecule has 0 aliphatic carbocycles. The molecule has 22 heavy (non-hydrogen) atoms. The molecule has 0 saturated heterocycles. The fraction of sp³-hybridized carbons (Fsp3) is 0.526. The first kappa shape index (κ1) is 18.4. The number of hydrogen-bond donors (Lipinski definition) is 1. The van der Waals surface area contributed by atoms with Crippen molar-refractivity contribution >= 4 is 6.21 Å². The van der Waals surface area contributed by atoms with Gasteiger partial charge in [-0.3, -0.25) is 0 Å². The van der Waals surface area contributed by atoms with E-state index in [9.17, 15) is 0 Å². The minimum atomic E-state index is -0.0335. The normalized spacial score (nSPS) is 13.1. The summed E-state index contributed by atoms with van der Waals surface area (Å²) in [5.74, 6) is 0. The Bertz CT molecular complexity index is 483. The summed E-state index contributed by atoms with van der Waals surface area (Å²) in [6.07, 6.45) is 9.56. The van der Waals surface area contributed by atoms with Crippen LogP contribution >= 0.6 is 0 Å². The minimum Gasteiger partial charge on any atom is -0.396 e. The highest BCUT2D eigenvalue weighted by molar-refractivity contribution is 5.83. The second-order valence-electron chi connectivity index (χ2n) is 5.74. The third kappa shape index (κ3) is 6.44. The average Bonchev–Trinajstić information content (AvgIpc) is 2.46. The lowest BCUT2D eigenvalue weighted by Crippen LogP contribution is -2.12. The van der Waals surface area contributed by atoms with E-state index >= 15 is 0 Å². The maximum Gasteiger partial charge on any atom is 0.130 e. The van der Waals surface area contributed by atoms with Gasteiger partial charge in [-0.1, -0.05) is 41.9 Å². The van der Waals surface area contributed by atoms with E-state index in [-0.39, 0.29) is 12.7 Å². The molecule has 0 bridgehead atoms. The maximum atomic E-state index is 9.12.